The highest BCUT2D eigenvalue weighted by molar-refractivity contribution is 6.07. The Morgan fingerprint density at radius 2 is 2.03 bits per heavy atom. The number of rotatable bonds is 7. The Labute approximate surface area is 167 Å². The molecule has 3 rings (SSSR count). The van der Waals surface area contributed by atoms with Gasteiger partial charge in [0.25, 0.3) is 11.8 Å². The number of imide groups is 1. The lowest BCUT2D eigenvalue weighted by molar-refractivity contribution is -0.153. The first kappa shape index (κ1) is 20.8. The van der Waals surface area contributed by atoms with Crippen LogP contribution in [0.25, 0.3) is 0 Å². The fourth-order valence-corrected chi connectivity index (χ4v) is 3.70. The summed E-state index contributed by atoms with van der Waals surface area (Å²) in [5.41, 5.74) is -0.501. The minimum absolute atomic E-state index is 0.0400. The van der Waals surface area contributed by atoms with E-state index in [1.54, 1.807) is 0 Å². The third-order valence-corrected chi connectivity index (χ3v) is 5.24. The van der Waals surface area contributed by atoms with E-state index < -0.39 is 35.4 Å². The molecule has 8 nitrogen and oxygen atoms in total. The Morgan fingerprint density at radius 1 is 1.31 bits per heavy atom. The van der Waals surface area contributed by atoms with Crippen LogP contribution >= 0.6 is 0 Å². The zero-order valence-corrected chi connectivity index (χ0v) is 16.2. The minimum atomic E-state index is -1.07. The van der Waals surface area contributed by atoms with Gasteiger partial charge in [0.2, 0.25) is 0 Å². The minimum Gasteiger partial charge on any atom is -0.453 e. The number of benzene rings is 1. The number of carbonyl (C=O) groups is 4. The first-order valence-electron chi connectivity index (χ1n) is 9.71. The Hall–Kier alpha value is -2.97. The molecule has 1 saturated heterocycles. The van der Waals surface area contributed by atoms with Gasteiger partial charge in [-0.15, -0.1) is 0 Å². The van der Waals surface area contributed by atoms with Crippen molar-refractivity contribution in [2.75, 3.05) is 11.9 Å². The largest absolute Gasteiger partial charge is 0.453 e. The highest BCUT2D eigenvalue weighted by Gasteiger charge is 2.52. The van der Waals surface area contributed by atoms with Crippen LogP contribution in [0.3, 0.4) is 0 Å². The number of ether oxygens (including phenoxy) is 1. The van der Waals surface area contributed by atoms with Crippen molar-refractivity contribution in [3.05, 3.63) is 30.1 Å². The molecule has 1 aliphatic carbocycles. The van der Waals surface area contributed by atoms with Gasteiger partial charge in [-0.05, 0) is 44.4 Å². The summed E-state index contributed by atoms with van der Waals surface area (Å²) in [4.78, 5) is 49.8. The van der Waals surface area contributed by atoms with Gasteiger partial charge in [-0.3, -0.25) is 19.3 Å². The van der Waals surface area contributed by atoms with Crippen LogP contribution in [-0.2, 0) is 19.1 Å². The van der Waals surface area contributed by atoms with Gasteiger partial charge in [0.05, 0.1) is 0 Å². The van der Waals surface area contributed by atoms with Crippen LogP contribution in [-0.4, -0.2) is 46.9 Å². The molecule has 4 amide bonds. The van der Waals surface area contributed by atoms with Crippen molar-refractivity contribution in [3.63, 3.8) is 0 Å². The predicted octanol–water partition coefficient (Wildman–Crippen LogP) is 2.34. The Kier molecular flexibility index (Phi) is 6.14. The predicted molar refractivity (Wildman–Crippen MR) is 101 cm³/mol. The molecular weight excluding hydrogens is 381 g/mol. The molecule has 1 aromatic carbocycles. The summed E-state index contributed by atoms with van der Waals surface area (Å²) in [7, 11) is 0. The second-order valence-corrected chi connectivity index (χ2v) is 7.41. The number of esters is 1. The average Bonchev–Trinajstić information content (AvgIpc) is 3.22. The van der Waals surface area contributed by atoms with E-state index in [2.05, 4.69) is 10.6 Å². The summed E-state index contributed by atoms with van der Waals surface area (Å²) in [6.07, 6.45) is 2.24. The number of hydrogen-bond acceptors (Lipinski definition) is 5. The van der Waals surface area contributed by atoms with Crippen molar-refractivity contribution in [1.82, 2.24) is 10.2 Å². The van der Waals surface area contributed by atoms with Crippen LogP contribution in [0.15, 0.2) is 24.3 Å². The Bertz CT molecular complexity index is 822. The molecule has 0 radical (unpaired) electrons. The lowest BCUT2D eigenvalue weighted by atomic mass is 9.98. The van der Waals surface area contributed by atoms with Gasteiger partial charge in [0.1, 0.15) is 11.4 Å². The Morgan fingerprint density at radius 3 is 2.72 bits per heavy atom. The number of hydrogen-bond donors (Lipinski definition) is 2. The lowest BCUT2D eigenvalue weighted by Crippen LogP contribution is -2.44. The maximum Gasteiger partial charge on any atom is 0.325 e. The first-order chi connectivity index (χ1) is 13.8. The molecule has 1 atom stereocenters. The summed E-state index contributed by atoms with van der Waals surface area (Å²) in [5.74, 6) is -1.92. The van der Waals surface area contributed by atoms with E-state index in [-0.39, 0.29) is 31.0 Å². The van der Waals surface area contributed by atoms with Crippen LogP contribution in [0.2, 0.25) is 0 Å². The van der Waals surface area contributed by atoms with Gasteiger partial charge in [-0.25, -0.2) is 9.18 Å². The van der Waals surface area contributed by atoms with E-state index in [0.29, 0.717) is 12.8 Å². The molecule has 1 heterocycles. The van der Waals surface area contributed by atoms with E-state index >= 15 is 0 Å². The second kappa shape index (κ2) is 8.59. The summed E-state index contributed by atoms with van der Waals surface area (Å²) in [6.45, 7) is 1.53. The van der Waals surface area contributed by atoms with Crippen molar-refractivity contribution in [2.24, 2.45) is 0 Å². The zero-order valence-electron chi connectivity index (χ0n) is 16.2. The smallest absolute Gasteiger partial charge is 0.325 e. The topological polar surface area (TPSA) is 105 Å². The van der Waals surface area contributed by atoms with Gasteiger partial charge < -0.3 is 15.4 Å². The van der Waals surface area contributed by atoms with E-state index in [1.165, 1.54) is 25.1 Å². The van der Waals surface area contributed by atoms with Gasteiger partial charge in [-0.2, -0.15) is 0 Å². The molecule has 9 heteroatoms. The number of amides is 4. The quantitative estimate of drug-likeness (QED) is 0.535. The highest BCUT2D eigenvalue weighted by atomic mass is 19.1. The molecule has 0 aromatic heterocycles. The SMILES string of the molecule is C[C@H](OC(=O)CCCN1C(=O)NC2(CCCC2)C1=O)C(=O)Nc1cccc(F)c1. The molecule has 1 aromatic rings. The van der Waals surface area contributed by atoms with E-state index in [1.807, 2.05) is 0 Å². The molecular formula is C20H24FN3O5. The van der Waals surface area contributed by atoms with Crippen LogP contribution in [0, 0.1) is 5.82 Å². The third-order valence-electron chi connectivity index (χ3n) is 5.24. The van der Waals surface area contributed by atoms with Crippen molar-refractivity contribution in [3.8, 4) is 0 Å². The van der Waals surface area contributed by atoms with Crippen molar-refractivity contribution >= 4 is 29.5 Å². The zero-order chi connectivity index (χ0) is 21.0. The summed E-state index contributed by atoms with van der Waals surface area (Å²) in [6, 6.07) is 4.95. The van der Waals surface area contributed by atoms with Crippen molar-refractivity contribution < 1.29 is 28.3 Å². The Balaban J connectivity index is 1.42. The molecule has 156 valence electrons. The maximum atomic E-state index is 13.2. The number of urea groups is 1. The van der Waals surface area contributed by atoms with Gasteiger partial charge in [0, 0.05) is 18.7 Å². The number of carbonyl (C=O) groups excluding carboxylic acids is 4. The normalized spacial score (nSPS) is 18.6. The van der Waals surface area contributed by atoms with Crippen molar-refractivity contribution in [1.29, 1.82) is 0 Å². The molecule has 29 heavy (non-hydrogen) atoms. The van der Waals surface area contributed by atoms with Crippen LogP contribution in [0.1, 0.15) is 45.4 Å². The van der Waals surface area contributed by atoms with Crippen molar-refractivity contribution in [2.45, 2.75) is 57.1 Å². The summed E-state index contributed by atoms with van der Waals surface area (Å²) < 4.78 is 18.2. The molecule has 2 aliphatic rings. The average molecular weight is 405 g/mol. The van der Waals surface area contributed by atoms with E-state index in [4.69, 9.17) is 4.74 Å². The van der Waals surface area contributed by atoms with E-state index in [0.717, 1.165) is 23.8 Å². The molecule has 2 N–H and O–H groups in total. The lowest BCUT2D eigenvalue weighted by Gasteiger charge is -2.20. The van der Waals surface area contributed by atoms with E-state index in [9.17, 15) is 23.6 Å². The number of anilines is 1. The standard InChI is InChI=1S/C20H24FN3O5/c1-13(17(26)22-15-7-4-6-14(21)12-15)29-16(25)8-5-11-24-18(27)20(23-19(24)28)9-2-3-10-20/h4,6-7,12-13H,2-3,5,8-11H2,1H3,(H,22,26)(H,23,28)/t13-/m0/s1. The molecule has 0 unspecified atom stereocenters. The number of halogens is 1. The molecule has 1 aliphatic heterocycles. The van der Waals surface area contributed by atoms with Crippen LogP contribution in [0.5, 0.6) is 0 Å². The van der Waals surface area contributed by atoms with Crippen LogP contribution in [0.4, 0.5) is 14.9 Å². The highest BCUT2D eigenvalue weighted by Crippen LogP contribution is 2.35. The second-order valence-electron chi connectivity index (χ2n) is 7.41. The van der Waals surface area contributed by atoms with Gasteiger partial charge in [-0.1, -0.05) is 18.9 Å². The maximum absolute atomic E-state index is 13.2. The number of nitrogens with one attached hydrogen (secondary N) is 2. The number of nitrogens with zero attached hydrogens (tertiary/aromatic N) is 1. The molecule has 0 bridgehead atoms. The van der Waals surface area contributed by atoms with Gasteiger partial charge >= 0.3 is 12.0 Å². The molecule has 2 fully saturated rings. The van der Waals surface area contributed by atoms with Gasteiger partial charge in [0.15, 0.2) is 6.10 Å². The van der Waals surface area contributed by atoms with Crippen LogP contribution < -0.4 is 10.6 Å². The molecule has 1 saturated carbocycles. The molecule has 1 spiro atoms. The third kappa shape index (κ3) is 4.72. The summed E-state index contributed by atoms with van der Waals surface area (Å²) >= 11 is 0. The summed E-state index contributed by atoms with van der Waals surface area (Å²) in [5, 5.41) is 5.25. The fraction of sp³-hybridized carbons (Fsp3) is 0.500. The monoisotopic (exact) mass is 405 g/mol. The first-order valence-corrected chi connectivity index (χ1v) is 9.71. The fourth-order valence-electron chi connectivity index (χ4n) is 3.70.